The molecule has 0 aromatic rings. The normalized spacial score (nSPS) is 11.6. The molecule has 0 aliphatic carbocycles. The fourth-order valence-electron chi connectivity index (χ4n) is 5.66. The van der Waals surface area contributed by atoms with E-state index in [0.29, 0.717) is 6.42 Å². The van der Waals surface area contributed by atoms with Gasteiger partial charge in [-0.2, -0.15) is 0 Å². The average molecular weight is 581 g/mol. The zero-order chi connectivity index (χ0) is 27.8. The predicted molar refractivity (Wildman–Crippen MR) is 168 cm³/mol. The number of rotatable bonds is 33. The first kappa shape index (κ1) is 42.0. The Bertz CT molecular complexity index is 539. The van der Waals surface area contributed by atoms with E-state index in [0.717, 1.165) is 12.8 Å². The molecular formula is C34H69NaO3S. The summed E-state index contributed by atoms with van der Waals surface area (Å²) < 4.78 is 31.6. The van der Waals surface area contributed by atoms with Gasteiger partial charge in [-0.1, -0.05) is 206 Å². The maximum absolute atomic E-state index is 10.5. The van der Waals surface area contributed by atoms with Crippen molar-refractivity contribution in [1.29, 1.82) is 0 Å². The van der Waals surface area contributed by atoms with Crippen molar-refractivity contribution in [3.05, 3.63) is 0 Å². The van der Waals surface area contributed by atoms with Crippen molar-refractivity contribution in [3.8, 4) is 0 Å². The van der Waals surface area contributed by atoms with E-state index in [2.05, 4.69) is 6.92 Å². The molecule has 0 aliphatic rings. The van der Waals surface area contributed by atoms with Gasteiger partial charge < -0.3 is 4.55 Å². The molecule has 0 atom stereocenters. The number of hydrogen-bond acceptors (Lipinski definition) is 3. The third kappa shape index (κ3) is 41.1. The van der Waals surface area contributed by atoms with Crippen molar-refractivity contribution in [2.24, 2.45) is 0 Å². The second-order valence-corrected chi connectivity index (χ2v) is 13.7. The molecule has 0 heterocycles. The molecule has 0 spiro atoms. The fourth-order valence-corrected chi connectivity index (χ4v) is 6.21. The second-order valence-electron chi connectivity index (χ2n) is 12.2. The number of hydrogen-bond donors (Lipinski definition) is 0. The Kier molecular flexibility index (Phi) is 37.8. The molecule has 0 unspecified atom stereocenters. The van der Waals surface area contributed by atoms with Gasteiger partial charge in [-0.25, -0.2) is 8.42 Å². The molecule has 0 saturated carbocycles. The predicted octanol–water partition coefficient (Wildman–Crippen LogP) is 9.04. The maximum Gasteiger partial charge on any atom is 1.00 e. The van der Waals surface area contributed by atoms with Crippen molar-refractivity contribution in [1.82, 2.24) is 0 Å². The van der Waals surface area contributed by atoms with Crippen molar-refractivity contribution < 1.29 is 42.5 Å². The quantitative estimate of drug-likeness (QED) is 0.0442. The molecule has 230 valence electrons. The van der Waals surface area contributed by atoms with Gasteiger partial charge in [0.05, 0.1) is 10.1 Å². The van der Waals surface area contributed by atoms with E-state index in [1.165, 1.54) is 186 Å². The summed E-state index contributed by atoms with van der Waals surface area (Å²) in [5, 5.41) is 0. The topological polar surface area (TPSA) is 57.2 Å². The van der Waals surface area contributed by atoms with Crippen molar-refractivity contribution in [2.45, 2.75) is 212 Å². The second kappa shape index (κ2) is 35.1. The first-order chi connectivity index (χ1) is 18.6. The van der Waals surface area contributed by atoms with E-state index in [1.54, 1.807) is 0 Å². The molecule has 0 saturated heterocycles. The third-order valence-electron chi connectivity index (χ3n) is 8.25. The Balaban J connectivity index is 0. The fraction of sp³-hybridized carbons (Fsp3) is 1.00. The van der Waals surface area contributed by atoms with Crippen LogP contribution in [0.3, 0.4) is 0 Å². The summed E-state index contributed by atoms with van der Waals surface area (Å²) in [4.78, 5) is 0. The zero-order valence-electron chi connectivity index (χ0n) is 27.0. The molecule has 0 aliphatic heterocycles. The first-order valence-electron chi connectivity index (χ1n) is 17.5. The Morgan fingerprint density at radius 3 is 0.641 bits per heavy atom. The Morgan fingerprint density at radius 2 is 0.487 bits per heavy atom. The van der Waals surface area contributed by atoms with E-state index in [1.807, 2.05) is 0 Å². The summed E-state index contributed by atoms with van der Waals surface area (Å²) in [6.45, 7) is 2.30. The van der Waals surface area contributed by atoms with Gasteiger partial charge in [-0.15, -0.1) is 0 Å². The van der Waals surface area contributed by atoms with E-state index in [9.17, 15) is 13.0 Å². The van der Waals surface area contributed by atoms with Gasteiger partial charge in [-0.3, -0.25) is 0 Å². The average Bonchev–Trinajstić information content (AvgIpc) is 2.88. The van der Waals surface area contributed by atoms with E-state index in [4.69, 9.17) is 0 Å². The van der Waals surface area contributed by atoms with Crippen LogP contribution in [0.2, 0.25) is 0 Å². The molecule has 3 nitrogen and oxygen atoms in total. The van der Waals surface area contributed by atoms with Gasteiger partial charge in [-0.05, 0) is 6.42 Å². The molecule has 0 aromatic heterocycles. The van der Waals surface area contributed by atoms with E-state index in [-0.39, 0.29) is 35.3 Å². The minimum atomic E-state index is -4.01. The SMILES string of the molecule is CCCCCCCCCCCCCCCCCCCCCCCCCCCCCCCCCCS(=O)(=O)[O-].[Na+]. The van der Waals surface area contributed by atoms with E-state index >= 15 is 0 Å². The van der Waals surface area contributed by atoms with Crippen LogP contribution in [-0.4, -0.2) is 18.7 Å². The summed E-state index contributed by atoms with van der Waals surface area (Å²) in [5.74, 6) is -0.188. The van der Waals surface area contributed by atoms with Crippen LogP contribution in [0.1, 0.15) is 212 Å². The third-order valence-corrected chi connectivity index (χ3v) is 9.04. The van der Waals surface area contributed by atoms with Crippen molar-refractivity contribution in [2.75, 3.05) is 5.75 Å². The molecule has 0 radical (unpaired) electrons. The van der Waals surface area contributed by atoms with Crippen LogP contribution in [0.4, 0.5) is 0 Å². The maximum atomic E-state index is 10.5. The van der Waals surface area contributed by atoms with Crippen LogP contribution < -0.4 is 29.6 Å². The Hall–Kier alpha value is 0.910. The van der Waals surface area contributed by atoms with Crippen LogP contribution in [0.5, 0.6) is 0 Å². The van der Waals surface area contributed by atoms with Crippen LogP contribution in [-0.2, 0) is 10.1 Å². The van der Waals surface area contributed by atoms with Crippen LogP contribution in [0.25, 0.3) is 0 Å². The summed E-state index contributed by atoms with van der Waals surface area (Å²) in [7, 11) is -4.01. The molecular weight excluding hydrogens is 511 g/mol. The van der Waals surface area contributed by atoms with Crippen LogP contribution >= 0.6 is 0 Å². The van der Waals surface area contributed by atoms with Crippen LogP contribution in [0.15, 0.2) is 0 Å². The van der Waals surface area contributed by atoms with Crippen molar-refractivity contribution in [3.63, 3.8) is 0 Å². The van der Waals surface area contributed by atoms with E-state index < -0.39 is 10.1 Å². The monoisotopic (exact) mass is 580 g/mol. The van der Waals surface area contributed by atoms with Gasteiger partial charge >= 0.3 is 29.6 Å². The Labute approximate surface area is 269 Å². The summed E-state index contributed by atoms with van der Waals surface area (Å²) in [5.41, 5.74) is 0. The molecule has 39 heavy (non-hydrogen) atoms. The smallest absolute Gasteiger partial charge is 0.748 e. The number of unbranched alkanes of at least 4 members (excludes halogenated alkanes) is 31. The first-order valence-corrected chi connectivity index (χ1v) is 19.1. The molecule has 0 amide bonds. The minimum Gasteiger partial charge on any atom is -0.748 e. The zero-order valence-corrected chi connectivity index (χ0v) is 29.8. The van der Waals surface area contributed by atoms with Gasteiger partial charge in [0, 0.05) is 5.75 Å². The molecule has 0 fully saturated rings. The summed E-state index contributed by atoms with van der Waals surface area (Å²) in [6, 6.07) is 0. The minimum absolute atomic E-state index is 0. The van der Waals surface area contributed by atoms with Crippen LogP contribution in [0, 0.1) is 0 Å². The molecule has 5 heteroatoms. The molecule has 0 N–H and O–H groups in total. The van der Waals surface area contributed by atoms with Crippen molar-refractivity contribution >= 4 is 10.1 Å². The summed E-state index contributed by atoms with van der Waals surface area (Å²) in [6.07, 6.45) is 43.7. The van der Waals surface area contributed by atoms with Gasteiger partial charge in [0.2, 0.25) is 0 Å². The molecule has 0 rings (SSSR count). The molecule has 0 aromatic carbocycles. The van der Waals surface area contributed by atoms with Gasteiger partial charge in [0.25, 0.3) is 0 Å². The summed E-state index contributed by atoms with van der Waals surface area (Å²) >= 11 is 0. The van der Waals surface area contributed by atoms with Gasteiger partial charge in [0.15, 0.2) is 0 Å². The molecule has 0 bridgehead atoms. The Morgan fingerprint density at radius 1 is 0.333 bits per heavy atom. The standard InChI is InChI=1S/C34H70O3S.Na/c1-2-3-4-5-6-7-8-9-10-11-12-13-14-15-16-17-18-19-20-21-22-23-24-25-26-27-28-29-30-31-32-33-34-38(35,36)37;/h2-34H2,1H3,(H,35,36,37);/q;+1/p-1. The van der Waals surface area contributed by atoms with Gasteiger partial charge in [0.1, 0.15) is 0 Å². The largest absolute Gasteiger partial charge is 1.00 e.